The number of hydrogen-bond acceptors (Lipinski definition) is 4. The van der Waals surface area contributed by atoms with Crippen molar-refractivity contribution in [2.45, 2.75) is 39.3 Å². The number of benzene rings is 2. The van der Waals surface area contributed by atoms with Gasteiger partial charge in [-0.15, -0.1) is 0 Å². The summed E-state index contributed by atoms with van der Waals surface area (Å²) in [6, 6.07) is 12.3. The molecule has 0 aliphatic heterocycles. The Hall–Kier alpha value is -2.94. The number of anilines is 1. The summed E-state index contributed by atoms with van der Waals surface area (Å²) >= 11 is 0. The van der Waals surface area contributed by atoms with E-state index < -0.39 is 21.9 Å². The van der Waals surface area contributed by atoms with Crippen LogP contribution in [0.3, 0.4) is 0 Å². The summed E-state index contributed by atoms with van der Waals surface area (Å²) < 4.78 is 40.0. The van der Waals surface area contributed by atoms with Crippen molar-refractivity contribution >= 4 is 27.5 Å². The van der Waals surface area contributed by atoms with Crippen LogP contribution in [0.2, 0.25) is 0 Å². The average Bonchev–Trinajstić information content (AvgIpc) is 2.75. The first-order chi connectivity index (χ1) is 15.0. The summed E-state index contributed by atoms with van der Waals surface area (Å²) in [5.74, 6) is -1.19. The van der Waals surface area contributed by atoms with Gasteiger partial charge in [0.2, 0.25) is 21.8 Å². The third kappa shape index (κ3) is 6.78. The Morgan fingerprint density at radius 3 is 2.28 bits per heavy atom. The number of hydrogen-bond donors (Lipinski definition) is 1. The van der Waals surface area contributed by atoms with E-state index in [0.717, 1.165) is 11.8 Å². The fourth-order valence-electron chi connectivity index (χ4n) is 3.32. The third-order valence-electron chi connectivity index (χ3n) is 5.19. The predicted molar refractivity (Wildman–Crippen MR) is 123 cm³/mol. The van der Waals surface area contributed by atoms with Crippen LogP contribution in [0.5, 0.6) is 0 Å². The van der Waals surface area contributed by atoms with Gasteiger partial charge < -0.3 is 10.2 Å². The molecule has 0 saturated heterocycles. The molecule has 9 heteroatoms. The van der Waals surface area contributed by atoms with E-state index in [2.05, 4.69) is 5.32 Å². The van der Waals surface area contributed by atoms with Gasteiger partial charge in [0, 0.05) is 32.1 Å². The fourth-order valence-corrected chi connectivity index (χ4v) is 4.28. The molecule has 7 nitrogen and oxygen atoms in total. The highest BCUT2D eigenvalue weighted by Gasteiger charge is 2.26. The van der Waals surface area contributed by atoms with Crippen LogP contribution in [0.25, 0.3) is 0 Å². The van der Waals surface area contributed by atoms with E-state index >= 15 is 0 Å². The molecule has 0 aliphatic rings. The molecule has 1 atom stereocenters. The Morgan fingerprint density at radius 2 is 1.72 bits per heavy atom. The average molecular weight is 464 g/mol. The molecule has 2 amide bonds. The summed E-state index contributed by atoms with van der Waals surface area (Å²) in [6.45, 7) is 3.53. The Labute approximate surface area is 189 Å². The number of aryl methyl sites for hydroxylation is 1. The molecular weight excluding hydrogens is 433 g/mol. The molecule has 0 radical (unpaired) electrons. The topological polar surface area (TPSA) is 86.8 Å². The summed E-state index contributed by atoms with van der Waals surface area (Å²) in [5.41, 5.74) is 1.82. The molecule has 2 rings (SSSR count). The number of carbonyl (C=O) groups is 2. The van der Waals surface area contributed by atoms with Gasteiger partial charge in [0.05, 0.1) is 11.9 Å². The van der Waals surface area contributed by atoms with Crippen molar-refractivity contribution in [2.75, 3.05) is 24.2 Å². The van der Waals surface area contributed by atoms with Crippen LogP contribution < -0.4 is 9.62 Å². The van der Waals surface area contributed by atoms with E-state index in [1.807, 2.05) is 19.1 Å². The van der Waals surface area contributed by atoms with Crippen molar-refractivity contribution in [1.82, 2.24) is 10.2 Å². The predicted octanol–water partition coefficient (Wildman–Crippen LogP) is 2.84. The number of rotatable bonds is 10. The van der Waals surface area contributed by atoms with E-state index in [4.69, 9.17) is 0 Å². The minimum absolute atomic E-state index is 0.00761. The van der Waals surface area contributed by atoms with Crippen LogP contribution in [0, 0.1) is 12.7 Å². The SMILES string of the molecule is CNC(=O)[C@H](C)N(Cc1ccccc1F)C(=O)CCCN(c1ccc(C)cc1)S(C)(=O)=O. The van der Waals surface area contributed by atoms with Crippen LogP contribution in [-0.4, -0.2) is 51.0 Å². The third-order valence-corrected chi connectivity index (χ3v) is 6.38. The van der Waals surface area contributed by atoms with E-state index in [1.165, 1.54) is 22.3 Å². The molecular formula is C23H30FN3O4S. The minimum atomic E-state index is -3.54. The highest BCUT2D eigenvalue weighted by Crippen LogP contribution is 2.20. The molecule has 174 valence electrons. The number of amides is 2. The normalized spacial score (nSPS) is 12.2. The summed E-state index contributed by atoms with van der Waals surface area (Å²) in [4.78, 5) is 26.5. The van der Waals surface area contributed by atoms with E-state index in [-0.39, 0.29) is 37.7 Å². The van der Waals surface area contributed by atoms with Crippen LogP contribution in [-0.2, 0) is 26.2 Å². The Balaban J connectivity index is 2.14. The second-order valence-electron chi connectivity index (χ2n) is 7.68. The zero-order chi connectivity index (χ0) is 23.9. The lowest BCUT2D eigenvalue weighted by atomic mass is 10.1. The quantitative estimate of drug-likeness (QED) is 0.587. The molecule has 0 spiro atoms. The zero-order valence-corrected chi connectivity index (χ0v) is 19.7. The van der Waals surface area contributed by atoms with Crippen LogP contribution >= 0.6 is 0 Å². The van der Waals surface area contributed by atoms with Crippen LogP contribution in [0.1, 0.15) is 30.9 Å². The second-order valence-corrected chi connectivity index (χ2v) is 9.58. The van der Waals surface area contributed by atoms with Crippen LogP contribution in [0.15, 0.2) is 48.5 Å². The molecule has 2 aromatic rings. The smallest absolute Gasteiger partial charge is 0.242 e. The largest absolute Gasteiger partial charge is 0.357 e. The van der Waals surface area contributed by atoms with Gasteiger partial charge in [0.25, 0.3) is 0 Å². The molecule has 1 N–H and O–H groups in total. The molecule has 0 aliphatic carbocycles. The van der Waals surface area contributed by atoms with Crippen molar-refractivity contribution in [2.24, 2.45) is 0 Å². The van der Waals surface area contributed by atoms with Crippen LogP contribution in [0.4, 0.5) is 10.1 Å². The fraction of sp³-hybridized carbons (Fsp3) is 0.391. The van der Waals surface area contributed by atoms with E-state index in [9.17, 15) is 22.4 Å². The van der Waals surface area contributed by atoms with Gasteiger partial charge >= 0.3 is 0 Å². The van der Waals surface area contributed by atoms with Gasteiger partial charge in [0.1, 0.15) is 11.9 Å². The number of nitrogens with one attached hydrogen (secondary N) is 1. The summed E-state index contributed by atoms with van der Waals surface area (Å²) in [6.07, 6.45) is 1.37. The number of sulfonamides is 1. The van der Waals surface area contributed by atoms with Gasteiger partial charge in [-0.3, -0.25) is 13.9 Å². The maximum Gasteiger partial charge on any atom is 0.242 e. The molecule has 32 heavy (non-hydrogen) atoms. The van der Waals surface area contributed by atoms with Gasteiger partial charge in [-0.05, 0) is 38.5 Å². The number of likely N-dealkylation sites (N-methyl/N-ethyl adjacent to an activating group) is 1. The number of carbonyl (C=O) groups excluding carboxylic acids is 2. The van der Waals surface area contributed by atoms with Gasteiger partial charge in [-0.2, -0.15) is 0 Å². The lowest BCUT2D eigenvalue weighted by molar-refractivity contribution is -0.140. The van der Waals surface area contributed by atoms with Gasteiger partial charge in [-0.25, -0.2) is 12.8 Å². The highest BCUT2D eigenvalue weighted by atomic mass is 32.2. The summed E-state index contributed by atoms with van der Waals surface area (Å²) in [5, 5.41) is 2.51. The van der Waals surface area contributed by atoms with E-state index in [1.54, 1.807) is 37.3 Å². The van der Waals surface area contributed by atoms with Crippen molar-refractivity contribution in [3.8, 4) is 0 Å². The van der Waals surface area contributed by atoms with Crippen molar-refractivity contribution < 1.29 is 22.4 Å². The number of halogens is 1. The Bertz CT molecular complexity index is 1040. The molecule has 0 bridgehead atoms. The first-order valence-electron chi connectivity index (χ1n) is 10.3. The first kappa shape index (κ1) is 25.3. The molecule has 0 saturated carbocycles. The maximum atomic E-state index is 14.2. The highest BCUT2D eigenvalue weighted by molar-refractivity contribution is 7.92. The monoisotopic (exact) mass is 463 g/mol. The molecule has 0 aromatic heterocycles. The second kappa shape index (κ2) is 11.1. The van der Waals surface area contributed by atoms with Gasteiger partial charge in [0.15, 0.2) is 0 Å². The zero-order valence-electron chi connectivity index (χ0n) is 18.8. The number of nitrogens with zero attached hydrogens (tertiary/aromatic N) is 2. The lowest BCUT2D eigenvalue weighted by Crippen LogP contribution is -2.47. The molecule has 0 fully saturated rings. The lowest BCUT2D eigenvalue weighted by Gasteiger charge is -2.29. The van der Waals surface area contributed by atoms with Crippen molar-refractivity contribution in [1.29, 1.82) is 0 Å². The first-order valence-corrected chi connectivity index (χ1v) is 12.2. The Morgan fingerprint density at radius 1 is 1.09 bits per heavy atom. The molecule has 0 heterocycles. The maximum absolute atomic E-state index is 14.2. The van der Waals surface area contributed by atoms with Gasteiger partial charge in [-0.1, -0.05) is 35.9 Å². The van der Waals surface area contributed by atoms with Crippen molar-refractivity contribution in [3.63, 3.8) is 0 Å². The van der Waals surface area contributed by atoms with Crippen molar-refractivity contribution in [3.05, 3.63) is 65.5 Å². The Kier molecular flexibility index (Phi) is 8.77. The standard InChI is InChI=1S/C23H30FN3O4S/c1-17-11-13-20(14-12-17)27(32(4,30)31)15-7-10-22(28)26(18(2)23(29)25-3)16-19-8-5-6-9-21(19)24/h5-6,8-9,11-14,18H,7,10,15-16H2,1-4H3,(H,25,29)/t18-/m0/s1. The van der Waals surface area contributed by atoms with E-state index in [0.29, 0.717) is 11.3 Å². The minimum Gasteiger partial charge on any atom is -0.357 e. The summed E-state index contributed by atoms with van der Waals surface area (Å²) in [7, 11) is -2.07. The molecule has 0 unspecified atom stereocenters. The molecule has 2 aromatic carbocycles.